The lowest BCUT2D eigenvalue weighted by Crippen LogP contribution is -2.29. The van der Waals surface area contributed by atoms with E-state index in [1.54, 1.807) is 0 Å². The molecule has 2 atom stereocenters. The van der Waals surface area contributed by atoms with Gasteiger partial charge in [0.25, 0.3) is 0 Å². The number of carbonyl (C=O) groups is 2. The minimum Gasteiger partial charge on any atom is -0.462 e. The highest BCUT2D eigenvalue weighted by Gasteiger charge is 2.26. The summed E-state index contributed by atoms with van der Waals surface area (Å²) in [4.78, 5) is 35.4. The van der Waals surface area contributed by atoms with Crippen LogP contribution in [0.25, 0.3) is 0 Å². The Morgan fingerprint density at radius 3 is 0.901 bits per heavy atom. The van der Waals surface area contributed by atoms with Crippen LogP contribution in [0.5, 0.6) is 0 Å². The first-order valence-corrected chi connectivity index (χ1v) is 38.8. The van der Waals surface area contributed by atoms with Gasteiger partial charge in [0, 0.05) is 19.4 Å². The van der Waals surface area contributed by atoms with Gasteiger partial charge in [0.05, 0.1) is 13.2 Å². The molecule has 0 aliphatic carbocycles. The van der Waals surface area contributed by atoms with Crippen molar-refractivity contribution in [2.45, 2.75) is 328 Å². The molecule has 3 N–H and O–H groups in total. The molecule has 0 spiro atoms. The molecule has 0 radical (unpaired) electrons. The number of phosphoric ester groups is 1. The zero-order valence-corrected chi connectivity index (χ0v) is 59.4. The highest BCUT2D eigenvalue weighted by atomic mass is 31.2. The van der Waals surface area contributed by atoms with Gasteiger partial charge in [-0.25, -0.2) is 4.57 Å². The summed E-state index contributed by atoms with van der Waals surface area (Å²) in [7, 11) is -4.41. The maximum atomic E-state index is 12.8. The van der Waals surface area contributed by atoms with Crippen LogP contribution in [0.3, 0.4) is 0 Å². The summed E-state index contributed by atoms with van der Waals surface area (Å²) in [6.07, 6.45) is 108. The number of allylic oxidation sites excluding steroid dienone is 24. The molecule has 0 aromatic heterocycles. The van der Waals surface area contributed by atoms with Gasteiger partial charge in [-0.1, -0.05) is 333 Å². The lowest BCUT2D eigenvalue weighted by Gasteiger charge is -2.19. The molecule has 0 saturated heterocycles. The molecule has 9 nitrogen and oxygen atoms in total. The summed E-state index contributed by atoms with van der Waals surface area (Å²) < 4.78 is 33.2. The first-order chi connectivity index (χ1) is 44.8. The van der Waals surface area contributed by atoms with Crippen LogP contribution in [-0.4, -0.2) is 49.3 Å². The molecule has 0 aliphatic heterocycles. The number of esters is 2. The van der Waals surface area contributed by atoms with Crippen molar-refractivity contribution in [3.05, 3.63) is 146 Å². The number of carbonyl (C=O) groups excluding carboxylic acids is 2. The summed E-state index contributed by atoms with van der Waals surface area (Å²) in [6.45, 7) is 3.61. The Bertz CT molecular complexity index is 2010. The van der Waals surface area contributed by atoms with Crippen molar-refractivity contribution in [1.29, 1.82) is 0 Å². The molecule has 0 rings (SSSR count). The van der Waals surface area contributed by atoms with Crippen molar-refractivity contribution in [2.75, 3.05) is 26.4 Å². The Balaban J connectivity index is 3.94. The molecule has 2 unspecified atom stereocenters. The van der Waals surface area contributed by atoms with Crippen LogP contribution in [0.2, 0.25) is 0 Å². The predicted octanol–water partition coefficient (Wildman–Crippen LogP) is 25.0. The van der Waals surface area contributed by atoms with Crippen molar-refractivity contribution in [1.82, 2.24) is 0 Å². The molecule has 0 fully saturated rings. The summed E-state index contributed by atoms with van der Waals surface area (Å²) in [5, 5.41) is 0. The lowest BCUT2D eigenvalue weighted by atomic mass is 10.0. The average molecular weight is 1280 g/mol. The third kappa shape index (κ3) is 74.8. The number of ether oxygens (including phenoxy) is 2. The monoisotopic (exact) mass is 1280 g/mol. The molecule has 520 valence electrons. The van der Waals surface area contributed by atoms with E-state index in [1.807, 2.05) is 0 Å². The molecule has 91 heavy (non-hydrogen) atoms. The Morgan fingerprint density at radius 2 is 0.604 bits per heavy atom. The number of rotatable bonds is 69. The number of hydrogen-bond donors (Lipinski definition) is 2. The summed E-state index contributed by atoms with van der Waals surface area (Å²) in [6, 6.07) is 0. The van der Waals surface area contributed by atoms with Crippen LogP contribution < -0.4 is 5.73 Å². The van der Waals surface area contributed by atoms with E-state index in [1.165, 1.54) is 173 Å². The van der Waals surface area contributed by atoms with Gasteiger partial charge in [-0.05, 0) is 122 Å². The molecular weight excluding hydrogens is 1150 g/mol. The zero-order valence-electron chi connectivity index (χ0n) is 58.5. The molecule has 0 heterocycles. The Labute approximate surface area is 560 Å². The first-order valence-electron chi connectivity index (χ1n) is 37.3. The number of phosphoric acid groups is 1. The molecule has 0 saturated carbocycles. The fourth-order valence-electron chi connectivity index (χ4n) is 10.2. The van der Waals surface area contributed by atoms with E-state index < -0.39 is 26.5 Å². The van der Waals surface area contributed by atoms with Gasteiger partial charge in [0.1, 0.15) is 6.61 Å². The summed E-state index contributed by atoms with van der Waals surface area (Å²) in [5.41, 5.74) is 5.40. The van der Waals surface area contributed by atoms with Gasteiger partial charge < -0.3 is 20.1 Å². The standard InChI is InChI=1S/C81H138NO8P/c1-3-5-7-9-11-13-15-17-19-21-23-25-27-29-31-33-35-37-39-41-43-45-47-49-51-53-55-57-59-61-63-65-67-69-71-73-80(83)87-77-79(78-89-91(85,86)88-76-75-82)90-81(84)74-72-70-68-66-64-62-60-58-56-54-52-50-48-46-44-42-40-38-36-34-32-30-28-26-24-22-20-18-16-14-12-10-8-6-4-2/h6,8,12,14-15,17-18,20-21,23-24,26,30,32,36,38,42,44,48,50,54,56,60,62,79H,3-5,7,9-11,13,16,19,22,25,27-29,31,33-35,37,39-41,43,45-47,49,51-53,55,57-59,61,63-78,82H2,1-2H3,(H,85,86)/b8-6-,14-12-,17-15-,20-18-,23-21-,26-24-,32-30-,38-36-,44-42-,50-48-,56-54-,62-60-. The van der Waals surface area contributed by atoms with E-state index in [4.69, 9.17) is 24.3 Å². The van der Waals surface area contributed by atoms with Crippen molar-refractivity contribution in [3.63, 3.8) is 0 Å². The Hall–Kier alpha value is -4.11. The van der Waals surface area contributed by atoms with E-state index in [-0.39, 0.29) is 38.6 Å². The summed E-state index contributed by atoms with van der Waals surface area (Å²) >= 11 is 0. The van der Waals surface area contributed by atoms with Crippen LogP contribution in [0, 0.1) is 0 Å². The van der Waals surface area contributed by atoms with E-state index in [2.05, 4.69) is 160 Å². The molecule has 0 aromatic rings. The lowest BCUT2D eigenvalue weighted by molar-refractivity contribution is -0.161. The third-order valence-electron chi connectivity index (χ3n) is 15.7. The highest BCUT2D eigenvalue weighted by molar-refractivity contribution is 7.47. The Morgan fingerprint density at radius 1 is 0.341 bits per heavy atom. The minimum absolute atomic E-state index is 0.0428. The molecule has 0 aromatic carbocycles. The second kappa shape index (κ2) is 74.9. The smallest absolute Gasteiger partial charge is 0.462 e. The van der Waals surface area contributed by atoms with Crippen LogP contribution in [0.15, 0.2) is 146 Å². The minimum atomic E-state index is -4.41. The molecule has 10 heteroatoms. The maximum absolute atomic E-state index is 12.8. The number of hydrogen-bond acceptors (Lipinski definition) is 8. The SMILES string of the molecule is CC/C=C\C/C=C\C/C=C\C/C=C\C/C=C\C/C=C\C/C=C\C/C=C\C/C=C\C/C=C\CCCCCCC(=O)OC(COC(=O)CCCCCCCCCCCCCCCCCCCCCCCCC/C=C\C/C=C\CCCCCCC)COP(=O)(O)OCCN. The van der Waals surface area contributed by atoms with Crippen LogP contribution in [0.1, 0.15) is 322 Å². The van der Waals surface area contributed by atoms with Gasteiger partial charge in [0.2, 0.25) is 0 Å². The van der Waals surface area contributed by atoms with Crippen LogP contribution >= 0.6 is 7.82 Å². The normalized spacial score (nSPS) is 13.8. The molecule has 0 aliphatic rings. The van der Waals surface area contributed by atoms with Crippen molar-refractivity contribution in [2.24, 2.45) is 5.73 Å². The third-order valence-corrected chi connectivity index (χ3v) is 16.7. The predicted molar refractivity (Wildman–Crippen MR) is 394 cm³/mol. The number of unbranched alkanes of at least 4 members (excludes halogenated alkanes) is 32. The second-order valence-corrected chi connectivity index (χ2v) is 25.9. The van der Waals surface area contributed by atoms with Gasteiger partial charge in [-0.2, -0.15) is 0 Å². The number of nitrogens with two attached hydrogens (primary N) is 1. The molecular formula is C81H138NO8P. The van der Waals surface area contributed by atoms with Gasteiger partial charge >= 0.3 is 19.8 Å². The first kappa shape index (κ1) is 86.9. The summed E-state index contributed by atoms with van der Waals surface area (Å²) in [5.74, 6) is -0.855. The zero-order chi connectivity index (χ0) is 65.8. The highest BCUT2D eigenvalue weighted by Crippen LogP contribution is 2.43. The second-order valence-electron chi connectivity index (χ2n) is 24.4. The Kier molecular flexibility index (Phi) is 71.5. The quantitative estimate of drug-likeness (QED) is 0.0264. The van der Waals surface area contributed by atoms with Crippen LogP contribution in [-0.2, 0) is 32.7 Å². The van der Waals surface area contributed by atoms with E-state index >= 15 is 0 Å². The van der Waals surface area contributed by atoms with Gasteiger partial charge in [-0.15, -0.1) is 0 Å². The van der Waals surface area contributed by atoms with E-state index in [0.717, 1.165) is 116 Å². The van der Waals surface area contributed by atoms with E-state index in [9.17, 15) is 19.0 Å². The van der Waals surface area contributed by atoms with Crippen molar-refractivity contribution >= 4 is 19.8 Å². The molecule has 0 bridgehead atoms. The average Bonchev–Trinajstić information content (AvgIpc) is 3.68. The van der Waals surface area contributed by atoms with Gasteiger partial charge in [-0.3, -0.25) is 18.6 Å². The van der Waals surface area contributed by atoms with E-state index in [0.29, 0.717) is 6.42 Å². The van der Waals surface area contributed by atoms with Gasteiger partial charge in [0.15, 0.2) is 6.10 Å². The maximum Gasteiger partial charge on any atom is 0.472 e. The largest absolute Gasteiger partial charge is 0.472 e. The van der Waals surface area contributed by atoms with Crippen molar-refractivity contribution in [3.8, 4) is 0 Å². The van der Waals surface area contributed by atoms with Crippen LogP contribution in [0.4, 0.5) is 0 Å². The topological polar surface area (TPSA) is 134 Å². The fraction of sp³-hybridized carbons (Fsp3) is 0.679. The van der Waals surface area contributed by atoms with Crippen molar-refractivity contribution < 1.29 is 37.6 Å². The fourth-order valence-corrected chi connectivity index (χ4v) is 11.0. The molecule has 0 amide bonds.